The highest BCUT2D eigenvalue weighted by Crippen LogP contribution is 2.41. The van der Waals surface area contributed by atoms with Crippen LogP contribution in [0.1, 0.15) is 35.2 Å². The summed E-state index contributed by atoms with van der Waals surface area (Å²) in [5.74, 6) is -0.199. The van der Waals surface area contributed by atoms with Crippen molar-refractivity contribution in [3.05, 3.63) is 71.9 Å². The largest absolute Gasteiger partial charge is 0.417 e. The van der Waals surface area contributed by atoms with Crippen molar-refractivity contribution < 1.29 is 22.4 Å². The van der Waals surface area contributed by atoms with Crippen molar-refractivity contribution in [2.45, 2.75) is 43.6 Å². The van der Waals surface area contributed by atoms with E-state index < -0.39 is 17.6 Å². The molecule has 2 bridgehead atoms. The molecule has 2 aliphatic heterocycles. The van der Waals surface area contributed by atoms with Crippen LogP contribution in [-0.2, 0) is 6.18 Å². The van der Waals surface area contributed by atoms with Gasteiger partial charge in [-0.2, -0.15) is 13.2 Å². The Balaban J connectivity index is 1.39. The maximum Gasteiger partial charge on any atom is 0.417 e. The quantitative estimate of drug-likeness (QED) is 0.582. The Kier molecular flexibility index (Phi) is 5.22. The minimum absolute atomic E-state index is 0.0535. The zero-order valence-corrected chi connectivity index (χ0v) is 17.3. The molecule has 3 unspecified atom stereocenters. The molecule has 2 saturated heterocycles. The number of carbonyl (C=O) groups excluding carboxylic acids is 1. The van der Waals surface area contributed by atoms with E-state index in [2.05, 4.69) is 20.3 Å². The number of carbonyl (C=O) groups is 1. The molecule has 170 valence electrons. The maximum atomic E-state index is 14.1. The number of anilines is 1. The van der Waals surface area contributed by atoms with Gasteiger partial charge in [0.15, 0.2) is 5.82 Å². The molecule has 2 aliphatic rings. The lowest BCUT2D eigenvalue weighted by Gasteiger charge is -2.26. The Morgan fingerprint density at radius 3 is 2.55 bits per heavy atom. The van der Waals surface area contributed by atoms with Gasteiger partial charge in [0.2, 0.25) is 0 Å². The summed E-state index contributed by atoms with van der Waals surface area (Å²) in [5, 5.41) is 3.17. The van der Waals surface area contributed by atoms with Crippen LogP contribution in [-0.4, -0.2) is 43.9 Å². The Hall–Kier alpha value is -3.56. The smallest absolute Gasteiger partial charge is 0.365 e. The first-order valence-electron chi connectivity index (χ1n) is 10.5. The number of nitrogens with one attached hydrogen (secondary N) is 1. The van der Waals surface area contributed by atoms with Gasteiger partial charge >= 0.3 is 6.18 Å². The summed E-state index contributed by atoms with van der Waals surface area (Å²) < 4.78 is 52.5. The third-order valence-corrected chi connectivity index (χ3v) is 6.21. The number of aromatic nitrogens is 3. The Bertz CT molecular complexity index is 1170. The van der Waals surface area contributed by atoms with E-state index in [1.807, 2.05) is 0 Å². The minimum Gasteiger partial charge on any atom is -0.365 e. The summed E-state index contributed by atoms with van der Waals surface area (Å²) in [6.45, 7) is 0. The van der Waals surface area contributed by atoms with Crippen LogP contribution in [0.4, 0.5) is 23.4 Å². The van der Waals surface area contributed by atoms with Crippen LogP contribution in [0.3, 0.4) is 0 Å². The van der Waals surface area contributed by atoms with Crippen LogP contribution >= 0.6 is 0 Å². The van der Waals surface area contributed by atoms with Gasteiger partial charge in [-0.3, -0.25) is 4.79 Å². The van der Waals surface area contributed by atoms with E-state index in [1.165, 1.54) is 24.3 Å². The first-order valence-corrected chi connectivity index (χ1v) is 10.5. The second kappa shape index (κ2) is 8.09. The molecule has 0 spiro atoms. The highest BCUT2D eigenvalue weighted by Gasteiger charge is 2.49. The molecule has 2 aromatic heterocycles. The molecule has 2 fully saturated rings. The zero-order valence-electron chi connectivity index (χ0n) is 17.3. The van der Waals surface area contributed by atoms with E-state index in [0.717, 1.165) is 25.1 Å². The van der Waals surface area contributed by atoms with Crippen LogP contribution < -0.4 is 5.32 Å². The number of hydrogen-bond acceptors (Lipinski definition) is 5. The van der Waals surface area contributed by atoms with E-state index in [4.69, 9.17) is 0 Å². The van der Waals surface area contributed by atoms with Crippen molar-refractivity contribution in [3.63, 3.8) is 0 Å². The lowest BCUT2D eigenvalue weighted by molar-refractivity contribution is -0.137. The van der Waals surface area contributed by atoms with Gasteiger partial charge < -0.3 is 10.2 Å². The molecule has 6 nitrogen and oxygen atoms in total. The topological polar surface area (TPSA) is 71.0 Å². The molecular weight excluding hydrogens is 438 g/mol. The average molecular weight is 457 g/mol. The summed E-state index contributed by atoms with van der Waals surface area (Å²) >= 11 is 0. The average Bonchev–Trinajstić information content (AvgIpc) is 3.36. The van der Waals surface area contributed by atoms with Crippen LogP contribution in [0.15, 0.2) is 55.0 Å². The van der Waals surface area contributed by atoms with Crippen molar-refractivity contribution in [2.24, 2.45) is 0 Å². The van der Waals surface area contributed by atoms with Crippen LogP contribution in [0.5, 0.6) is 0 Å². The van der Waals surface area contributed by atoms with Crippen molar-refractivity contribution in [1.29, 1.82) is 0 Å². The molecule has 4 heterocycles. The lowest BCUT2D eigenvalue weighted by atomic mass is 9.95. The van der Waals surface area contributed by atoms with Gasteiger partial charge in [-0.25, -0.2) is 19.3 Å². The molecule has 33 heavy (non-hydrogen) atoms. The summed E-state index contributed by atoms with van der Waals surface area (Å²) in [6, 6.07) is 7.48. The molecular formula is C23H19F4N5O. The molecule has 1 amide bonds. The van der Waals surface area contributed by atoms with Gasteiger partial charge in [0.25, 0.3) is 5.91 Å². The van der Waals surface area contributed by atoms with E-state index in [-0.39, 0.29) is 29.6 Å². The van der Waals surface area contributed by atoms with Gasteiger partial charge in [-0.05, 0) is 55.7 Å². The normalized spacial score (nSPS) is 21.9. The van der Waals surface area contributed by atoms with Crippen LogP contribution in [0.2, 0.25) is 0 Å². The summed E-state index contributed by atoms with van der Waals surface area (Å²) in [4.78, 5) is 27.6. The SMILES string of the molecule is O=C(c1cc(F)ccc1-c1ncccn1)N1C2CCC1C(Nc1ccc(C(F)(F)F)cn1)C2. The Morgan fingerprint density at radius 1 is 1.06 bits per heavy atom. The lowest BCUT2D eigenvalue weighted by Crippen LogP contribution is -2.40. The molecule has 10 heteroatoms. The van der Waals surface area contributed by atoms with E-state index in [0.29, 0.717) is 23.6 Å². The number of amides is 1. The number of benzene rings is 1. The van der Waals surface area contributed by atoms with Gasteiger partial charge in [0.05, 0.1) is 17.2 Å². The summed E-state index contributed by atoms with van der Waals surface area (Å²) in [6.07, 6.45) is 1.62. The summed E-state index contributed by atoms with van der Waals surface area (Å²) in [5.41, 5.74) is -0.187. The fourth-order valence-electron chi connectivity index (χ4n) is 4.76. The van der Waals surface area contributed by atoms with Crippen molar-refractivity contribution in [3.8, 4) is 11.4 Å². The van der Waals surface area contributed by atoms with Gasteiger partial charge in [0, 0.05) is 36.2 Å². The standard InChI is InChI=1S/C23H19F4N5O/c24-14-3-5-16(21-28-8-1-9-29-21)17(10-14)22(33)32-15-4-6-19(32)18(11-15)31-20-7-2-13(12-30-20)23(25,26)27/h1-3,5,7-10,12,15,18-19H,4,6,11H2,(H,30,31). The second-order valence-corrected chi connectivity index (χ2v) is 8.19. The van der Waals surface area contributed by atoms with Gasteiger partial charge in [0.1, 0.15) is 11.6 Å². The number of halogens is 4. The number of nitrogens with zero attached hydrogens (tertiary/aromatic N) is 4. The predicted octanol–water partition coefficient (Wildman–Crippen LogP) is 4.55. The fourth-order valence-corrected chi connectivity index (χ4v) is 4.76. The maximum absolute atomic E-state index is 14.1. The Morgan fingerprint density at radius 2 is 1.85 bits per heavy atom. The van der Waals surface area contributed by atoms with E-state index >= 15 is 0 Å². The monoisotopic (exact) mass is 457 g/mol. The number of rotatable bonds is 4. The zero-order chi connectivity index (χ0) is 23.2. The molecule has 3 aromatic rings. The second-order valence-electron chi connectivity index (χ2n) is 8.19. The minimum atomic E-state index is -4.45. The van der Waals surface area contributed by atoms with Crippen molar-refractivity contribution in [1.82, 2.24) is 19.9 Å². The number of alkyl halides is 3. The van der Waals surface area contributed by atoms with E-state index in [1.54, 1.807) is 23.4 Å². The highest BCUT2D eigenvalue weighted by atomic mass is 19.4. The molecule has 0 radical (unpaired) electrons. The third kappa shape index (κ3) is 4.01. The predicted molar refractivity (Wildman–Crippen MR) is 112 cm³/mol. The third-order valence-electron chi connectivity index (χ3n) is 6.21. The number of hydrogen-bond donors (Lipinski definition) is 1. The van der Waals surface area contributed by atoms with Crippen LogP contribution in [0.25, 0.3) is 11.4 Å². The number of pyridine rings is 1. The molecule has 0 aliphatic carbocycles. The molecule has 3 atom stereocenters. The first kappa shape index (κ1) is 21.3. The molecule has 1 aromatic carbocycles. The molecule has 1 N–H and O–H groups in total. The van der Waals surface area contributed by atoms with Gasteiger partial charge in [-0.1, -0.05) is 0 Å². The fraction of sp³-hybridized carbons (Fsp3) is 0.304. The van der Waals surface area contributed by atoms with Crippen molar-refractivity contribution in [2.75, 3.05) is 5.32 Å². The van der Waals surface area contributed by atoms with E-state index in [9.17, 15) is 22.4 Å². The number of fused-ring (bicyclic) bond motifs is 2. The van der Waals surface area contributed by atoms with Crippen molar-refractivity contribution >= 4 is 11.7 Å². The first-order chi connectivity index (χ1) is 15.8. The highest BCUT2D eigenvalue weighted by molar-refractivity contribution is 6.01. The molecule has 0 saturated carbocycles. The van der Waals surface area contributed by atoms with Crippen LogP contribution in [0, 0.1) is 5.82 Å². The molecule has 5 rings (SSSR count). The summed E-state index contributed by atoms with van der Waals surface area (Å²) in [7, 11) is 0. The van der Waals surface area contributed by atoms with Gasteiger partial charge in [-0.15, -0.1) is 0 Å². The Labute approximate surface area is 186 Å².